The second-order valence-corrected chi connectivity index (χ2v) is 9.98. The highest BCUT2D eigenvalue weighted by atomic mass is 16.7. The average Bonchev–Trinajstić information content (AvgIpc) is 2.96. The summed E-state index contributed by atoms with van der Waals surface area (Å²) in [7, 11) is 3.99. The summed E-state index contributed by atoms with van der Waals surface area (Å²) in [5.74, 6) is -4.93. The van der Waals surface area contributed by atoms with Crippen LogP contribution < -0.4 is 14.2 Å². The third kappa shape index (κ3) is 5.41. The van der Waals surface area contributed by atoms with Crippen LogP contribution in [0.5, 0.6) is 34.5 Å². The molecule has 8 atom stereocenters. The summed E-state index contributed by atoms with van der Waals surface area (Å²) >= 11 is 0. The molecule has 226 valence electrons. The van der Waals surface area contributed by atoms with Crippen LogP contribution in [0.4, 0.5) is 0 Å². The molecule has 1 aliphatic carbocycles. The van der Waals surface area contributed by atoms with Crippen molar-refractivity contribution in [3.8, 4) is 34.5 Å². The summed E-state index contributed by atoms with van der Waals surface area (Å²) in [6.45, 7) is -0.683. The first-order valence-corrected chi connectivity index (χ1v) is 12.7. The molecular weight excluding hydrogens is 548 g/mol. The third-order valence-corrected chi connectivity index (χ3v) is 7.77. The first-order valence-electron chi connectivity index (χ1n) is 12.7. The van der Waals surface area contributed by atoms with Gasteiger partial charge in [0.25, 0.3) is 0 Å². The van der Waals surface area contributed by atoms with Crippen LogP contribution in [0, 0.1) is 11.8 Å². The minimum absolute atomic E-state index is 0.0123. The van der Waals surface area contributed by atoms with Crippen LogP contribution in [-0.2, 0) is 20.7 Å². The second kappa shape index (κ2) is 12.1. The zero-order valence-corrected chi connectivity index (χ0v) is 22.5. The summed E-state index contributed by atoms with van der Waals surface area (Å²) in [6, 6.07) is 4.52. The minimum atomic E-state index is -1.91. The Labute approximate surface area is 234 Å². The van der Waals surface area contributed by atoms with Crippen LogP contribution in [-0.4, -0.2) is 112 Å². The lowest BCUT2D eigenvalue weighted by molar-refractivity contribution is -0.297. The third-order valence-electron chi connectivity index (χ3n) is 7.77. The molecule has 0 bridgehead atoms. The Bertz CT molecular complexity index is 1240. The van der Waals surface area contributed by atoms with Crippen LogP contribution in [0.2, 0.25) is 0 Å². The number of rotatable bonds is 9. The average molecular weight is 583 g/mol. The van der Waals surface area contributed by atoms with Crippen LogP contribution >= 0.6 is 0 Å². The van der Waals surface area contributed by atoms with Crippen molar-refractivity contribution < 1.29 is 69.3 Å². The number of phenols is 3. The van der Waals surface area contributed by atoms with Crippen molar-refractivity contribution in [3.05, 3.63) is 34.9 Å². The molecule has 2 aromatic carbocycles. The molecule has 8 N–H and O–H groups in total. The van der Waals surface area contributed by atoms with Crippen molar-refractivity contribution in [2.45, 2.75) is 43.0 Å². The molecule has 0 radical (unpaired) electrons. The quantitative estimate of drug-likeness (QED) is 0.177. The Balaban J connectivity index is 1.82. The Hall–Kier alpha value is -3.53. The highest BCUT2D eigenvalue weighted by Gasteiger charge is 2.49. The number of aliphatic hydroxyl groups excluding tert-OH is 4. The normalized spacial score (nSPS) is 29.4. The number of methoxy groups -OCH3 is 3. The molecule has 2 aromatic rings. The van der Waals surface area contributed by atoms with E-state index < -0.39 is 65.9 Å². The molecule has 14 heteroatoms. The number of hydrogen-bond donors (Lipinski definition) is 8. The fraction of sp³-hybridized carbons (Fsp3) is 0.519. The SMILES string of the molecule is COc1cc([C@H]2c3c(cc(OC)c(O)c3O)C[C@@H](CO)[C@@H]2CO[C@H]2O[C@H](C(=O)O)[C@@H](O)[C@H](O)[C@H]2O)cc(OC)c1O. The van der Waals surface area contributed by atoms with E-state index in [-0.39, 0.29) is 48.2 Å². The number of benzene rings is 2. The van der Waals surface area contributed by atoms with Gasteiger partial charge < -0.3 is 64.5 Å². The minimum Gasteiger partial charge on any atom is -0.504 e. The number of phenolic OH excluding ortho intramolecular Hbond substituents is 3. The first kappa shape index (κ1) is 30.4. The van der Waals surface area contributed by atoms with Crippen molar-refractivity contribution >= 4 is 5.97 Å². The molecule has 14 nitrogen and oxygen atoms in total. The molecule has 1 fully saturated rings. The molecule has 4 rings (SSSR count). The molecule has 1 saturated heterocycles. The van der Waals surface area contributed by atoms with Crippen molar-refractivity contribution in [2.24, 2.45) is 11.8 Å². The molecule has 41 heavy (non-hydrogen) atoms. The molecule has 0 aromatic heterocycles. The van der Waals surface area contributed by atoms with E-state index >= 15 is 0 Å². The van der Waals surface area contributed by atoms with Crippen molar-refractivity contribution in [3.63, 3.8) is 0 Å². The Kier molecular flexibility index (Phi) is 9.01. The van der Waals surface area contributed by atoms with Gasteiger partial charge in [0.15, 0.2) is 35.4 Å². The van der Waals surface area contributed by atoms with Crippen molar-refractivity contribution in [1.82, 2.24) is 0 Å². The van der Waals surface area contributed by atoms with Crippen LogP contribution in [0.3, 0.4) is 0 Å². The van der Waals surface area contributed by atoms with Gasteiger partial charge in [0.05, 0.1) is 27.9 Å². The van der Waals surface area contributed by atoms with Gasteiger partial charge in [0, 0.05) is 18.1 Å². The number of aliphatic carboxylic acids is 1. The van der Waals surface area contributed by atoms with Crippen molar-refractivity contribution in [2.75, 3.05) is 34.5 Å². The van der Waals surface area contributed by atoms with Gasteiger partial charge in [-0.2, -0.15) is 0 Å². The van der Waals surface area contributed by atoms with Crippen LogP contribution in [0.25, 0.3) is 0 Å². The monoisotopic (exact) mass is 582 g/mol. The summed E-state index contributed by atoms with van der Waals surface area (Å²) < 4.78 is 26.9. The number of carbonyl (C=O) groups is 1. The maximum atomic E-state index is 11.5. The van der Waals surface area contributed by atoms with Gasteiger partial charge in [0.2, 0.25) is 11.5 Å². The number of fused-ring (bicyclic) bond motifs is 1. The van der Waals surface area contributed by atoms with Gasteiger partial charge in [-0.3, -0.25) is 0 Å². The highest BCUT2D eigenvalue weighted by Crippen LogP contribution is 2.54. The van der Waals surface area contributed by atoms with Gasteiger partial charge in [-0.1, -0.05) is 0 Å². The molecule has 0 spiro atoms. The summed E-state index contributed by atoms with van der Waals surface area (Å²) in [4.78, 5) is 11.5. The molecule has 0 saturated carbocycles. The number of carboxylic acid groups (broad SMARTS) is 1. The molecule has 2 aliphatic rings. The predicted octanol–water partition coefficient (Wildman–Crippen LogP) is -0.349. The predicted molar refractivity (Wildman–Crippen MR) is 137 cm³/mol. The zero-order valence-electron chi connectivity index (χ0n) is 22.5. The molecular formula is C27H34O14. The summed E-state index contributed by atoms with van der Waals surface area (Å²) in [5.41, 5.74) is 1.23. The van der Waals surface area contributed by atoms with E-state index in [0.717, 1.165) is 0 Å². The summed E-state index contributed by atoms with van der Waals surface area (Å²) in [6.07, 6.45) is -8.95. The number of ether oxygens (including phenoxy) is 5. The second-order valence-electron chi connectivity index (χ2n) is 9.98. The highest BCUT2D eigenvalue weighted by molar-refractivity contribution is 5.73. The van der Waals surface area contributed by atoms with E-state index in [9.17, 15) is 45.6 Å². The fourth-order valence-corrected chi connectivity index (χ4v) is 5.63. The maximum absolute atomic E-state index is 11.5. The topological polar surface area (TPSA) is 225 Å². The number of aliphatic hydroxyl groups is 4. The fourth-order valence-electron chi connectivity index (χ4n) is 5.63. The van der Waals surface area contributed by atoms with E-state index in [1.165, 1.54) is 39.5 Å². The van der Waals surface area contributed by atoms with E-state index in [2.05, 4.69) is 0 Å². The van der Waals surface area contributed by atoms with E-state index in [4.69, 9.17) is 23.7 Å². The van der Waals surface area contributed by atoms with E-state index in [0.29, 0.717) is 11.1 Å². The number of carboxylic acids is 1. The van der Waals surface area contributed by atoms with E-state index in [1.54, 1.807) is 0 Å². The molecule has 0 amide bonds. The lowest BCUT2D eigenvalue weighted by atomic mass is 9.66. The molecule has 1 aliphatic heterocycles. The zero-order chi connectivity index (χ0) is 30.2. The smallest absolute Gasteiger partial charge is 0.335 e. The Morgan fingerprint density at radius 1 is 0.878 bits per heavy atom. The summed E-state index contributed by atoms with van der Waals surface area (Å²) in [5, 5.41) is 82.8. The maximum Gasteiger partial charge on any atom is 0.335 e. The molecule has 0 unspecified atom stereocenters. The lowest BCUT2D eigenvalue weighted by Gasteiger charge is -2.42. The standard InChI is InChI=1S/C27H34O14/c1-37-14-6-11(7-15(38-2)19(14)29)17-13(9-40-27-24(34)22(32)23(33)25(41-27)26(35)36)12(8-28)4-10-5-16(39-3)20(30)21(31)18(10)17/h5-7,12-13,17,22-25,27-34H,4,8-9H2,1-3H3,(H,35,36)/t12-,13-,17+,22-,23-,24+,25-,27-/m0/s1. The van der Waals surface area contributed by atoms with Crippen LogP contribution in [0.1, 0.15) is 22.6 Å². The Morgan fingerprint density at radius 2 is 1.46 bits per heavy atom. The van der Waals surface area contributed by atoms with Gasteiger partial charge in [-0.15, -0.1) is 0 Å². The largest absolute Gasteiger partial charge is 0.504 e. The lowest BCUT2D eigenvalue weighted by Crippen LogP contribution is -2.60. The number of hydrogen-bond acceptors (Lipinski definition) is 13. The van der Waals surface area contributed by atoms with Gasteiger partial charge in [0.1, 0.15) is 18.3 Å². The van der Waals surface area contributed by atoms with Gasteiger partial charge >= 0.3 is 5.97 Å². The van der Waals surface area contributed by atoms with Gasteiger partial charge in [-0.05, 0) is 47.6 Å². The Morgan fingerprint density at radius 3 is 2.00 bits per heavy atom. The van der Waals surface area contributed by atoms with Gasteiger partial charge in [-0.25, -0.2) is 4.79 Å². The van der Waals surface area contributed by atoms with Crippen molar-refractivity contribution in [1.29, 1.82) is 0 Å². The number of aromatic hydroxyl groups is 3. The van der Waals surface area contributed by atoms with E-state index in [1.807, 2.05) is 0 Å². The first-order chi connectivity index (χ1) is 19.5. The van der Waals surface area contributed by atoms with Crippen LogP contribution in [0.15, 0.2) is 18.2 Å². The molecule has 1 heterocycles.